The number of rotatable bonds is 4. The molecule has 33 heavy (non-hydrogen) atoms. The molecule has 0 aliphatic rings. The van der Waals surface area contributed by atoms with Crippen molar-refractivity contribution in [1.29, 1.82) is 0 Å². The first kappa shape index (κ1) is 21.0. The highest BCUT2D eigenvalue weighted by atomic mass is 14.2. The molecule has 160 valence electrons. The zero-order valence-electron chi connectivity index (χ0n) is 19.5. The first-order valence-electron chi connectivity index (χ1n) is 11.5. The van der Waals surface area contributed by atoms with Gasteiger partial charge in [-0.25, -0.2) is 0 Å². The molecule has 0 spiro atoms. The molecule has 0 aromatic heterocycles. The molecular formula is C33H28. The van der Waals surface area contributed by atoms with Crippen LogP contribution in [0.15, 0.2) is 115 Å². The van der Waals surface area contributed by atoms with Crippen molar-refractivity contribution in [3.05, 3.63) is 132 Å². The Morgan fingerprint density at radius 1 is 0.333 bits per heavy atom. The minimum atomic E-state index is 1.25. The Kier molecular flexibility index (Phi) is 5.67. The van der Waals surface area contributed by atoms with Gasteiger partial charge in [0.25, 0.3) is 0 Å². The molecule has 0 amide bonds. The molecule has 0 aliphatic heterocycles. The van der Waals surface area contributed by atoms with E-state index in [1.165, 1.54) is 61.2 Å². The van der Waals surface area contributed by atoms with Gasteiger partial charge in [-0.2, -0.15) is 0 Å². The van der Waals surface area contributed by atoms with Gasteiger partial charge in [0.05, 0.1) is 0 Å². The topological polar surface area (TPSA) is 0 Å². The highest BCUT2D eigenvalue weighted by Gasteiger charge is 2.14. The lowest BCUT2D eigenvalue weighted by Gasteiger charge is -2.18. The average molecular weight is 425 g/mol. The molecule has 0 radical (unpaired) electrons. The van der Waals surface area contributed by atoms with Crippen LogP contribution in [0.25, 0.3) is 44.5 Å². The zero-order valence-corrected chi connectivity index (χ0v) is 19.5. The molecule has 5 aromatic rings. The van der Waals surface area contributed by atoms with E-state index >= 15 is 0 Å². The summed E-state index contributed by atoms with van der Waals surface area (Å²) in [5, 5.41) is 0. The van der Waals surface area contributed by atoms with Crippen LogP contribution in [-0.4, -0.2) is 0 Å². The normalized spacial score (nSPS) is 10.9. The summed E-state index contributed by atoms with van der Waals surface area (Å²) in [7, 11) is 0. The monoisotopic (exact) mass is 424 g/mol. The fourth-order valence-electron chi connectivity index (χ4n) is 4.76. The van der Waals surface area contributed by atoms with Gasteiger partial charge in [0, 0.05) is 0 Å². The van der Waals surface area contributed by atoms with Gasteiger partial charge in [0.15, 0.2) is 0 Å². The van der Waals surface area contributed by atoms with Gasteiger partial charge in [-0.1, -0.05) is 103 Å². The summed E-state index contributed by atoms with van der Waals surface area (Å²) in [5.74, 6) is 0. The Morgan fingerprint density at radius 3 is 1.06 bits per heavy atom. The minimum Gasteiger partial charge on any atom is -0.0622 e. The van der Waals surface area contributed by atoms with Gasteiger partial charge >= 0.3 is 0 Å². The van der Waals surface area contributed by atoms with Crippen LogP contribution in [-0.2, 0) is 0 Å². The summed E-state index contributed by atoms with van der Waals surface area (Å²) in [5.41, 5.74) is 14.1. The summed E-state index contributed by atoms with van der Waals surface area (Å²) in [6, 6.07) is 41.5. The molecule has 0 aliphatic carbocycles. The van der Waals surface area contributed by atoms with Crippen LogP contribution in [0.2, 0.25) is 0 Å². The van der Waals surface area contributed by atoms with Crippen molar-refractivity contribution in [2.24, 2.45) is 0 Å². The summed E-state index contributed by atoms with van der Waals surface area (Å²) in [4.78, 5) is 0. The maximum atomic E-state index is 2.36. The van der Waals surface area contributed by atoms with Crippen molar-refractivity contribution in [1.82, 2.24) is 0 Å². The van der Waals surface area contributed by atoms with Crippen LogP contribution in [0.3, 0.4) is 0 Å². The van der Waals surface area contributed by atoms with Crippen molar-refractivity contribution in [3.8, 4) is 44.5 Å². The van der Waals surface area contributed by atoms with Crippen LogP contribution in [0, 0.1) is 20.8 Å². The fourth-order valence-corrected chi connectivity index (χ4v) is 4.76. The highest BCUT2D eigenvalue weighted by Crippen LogP contribution is 2.39. The molecule has 5 aromatic carbocycles. The lowest BCUT2D eigenvalue weighted by molar-refractivity contribution is 1.38. The number of aryl methyl sites for hydroxylation is 2. The van der Waals surface area contributed by atoms with Crippen LogP contribution in [0.5, 0.6) is 0 Å². The molecule has 0 nitrogen and oxygen atoms in total. The molecule has 0 bridgehead atoms. The molecule has 0 fully saturated rings. The number of benzene rings is 5. The Bertz CT molecular complexity index is 1330. The molecule has 0 heterocycles. The Morgan fingerprint density at radius 2 is 0.667 bits per heavy atom. The third-order valence-electron chi connectivity index (χ3n) is 6.54. The van der Waals surface area contributed by atoms with Crippen molar-refractivity contribution in [2.75, 3.05) is 0 Å². The summed E-state index contributed by atoms with van der Waals surface area (Å²) >= 11 is 0. The SMILES string of the molecule is Cc1cc(-c2cc(-c3ccccc3)c(C)c(-c3ccccc3)c2)c(C)cc1-c1ccccc1. The van der Waals surface area contributed by atoms with Crippen molar-refractivity contribution >= 4 is 0 Å². The van der Waals surface area contributed by atoms with E-state index in [9.17, 15) is 0 Å². The quantitative estimate of drug-likeness (QED) is 0.270. The molecule has 0 saturated heterocycles. The lowest BCUT2D eigenvalue weighted by atomic mass is 9.86. The first-order valence-corrected chi connectivity index (χ1v) is 11.5. The standard InChI is InChI=1S/C33H28/c1-23-20-31(24(2)19-30(23)26-13-7-4-8-14-26)29-21-32(27-15-9-5-10-16-27)25(3)33(22-29)28-17-11-6-12-18-28/h4-22H,1-3H3. The van der Waals surface area contributed by atoms with Crippen molar-refractivity contribution in [2.45, 2.75) is 20.8 Å². The smallest absolute Gasteiger partial charge is 0.0142 e. The van der Waals surface area contributed by atoms with Gasteiger partial charge in [0.1, 0.15) is 0 Å². The van der Waals surface area contributed by atoms with E-state index in [-0.39, 0.29) is 0 Å². The summed E-state index contributed by atoms with van der Waals surface area (Å²) in [6.07, 6.45) is 0. The number of hydrogen-bond donors (Lipinski definition) is 0. The molecule has 0 N–H and O–H groups in total. The maximum Gasteiger partial charge on any atom is -0.0142 e. The van der Waals surface area contributed by atoms with Gasteiger partial charge in [-0.05, 0) is 94.1 Å². The molecule has 5 rings (SSSR count). The predicted molar refractivity (Wildman–Crippen MR) is 142 cm³/mol. The second kappa shape index (κ2) is 8.92. The first-order chi connectivity index (χ1) is 16.1. The molecule has 0 unspecified atom stereocenters. The predicted octanol–water partition coefficient (Wildman–Crippen LogP) is 9.28. The summed E-state index contributed by atoms with van der Waals surface area (Å²) < 4.78 is 0. The van der Waals surface area contributed by atoms with E-state index in [1.54, 1.807) is 0 Å². The molecule has 0 heteroatoms. The molecular weight excluding hydrogens is 396 g/mol. The average Bonchev–Trinajstić information content (AvgIpc) is 2.87. The van der Waals surface area contributed by atoms with Crippen molar-refractivity contribution < 1.29 is 0 Å². The minimum absolute atomic E-state index is 1.25. The van der Waals surface area contributed by atoms with Crippen molar-refractivity contribution in [3.63, 3.8) is 0 Å². The van der Waals surface area contributed by atoms with Crippen LogP contribution in [0.1, 0.15) is 16.7 Å². The second-order valence-corrected chi connectivity index (χ2v) is 8.78. The van der Waals surface area contributed by atoms with E-state index in [4.69, 9.17) is 0 Å². The van der Waals surface area contributed by atoms with E-state index < -0.39 is 0 Å². The second-order valence-electron chi connectivity index (χ2n) is 8.78. The van der Waals surface area contributed by atoms with Crippen LogP contribution < -0.4 is 0 Å². The van der Waals surface area contributed by atoms with Gasteiger partial charge in [-0.3, -0.25) is 0 Å². The van der Waals surface area contributed by atoms with Gasteiger partial charge in [-0.15, -0.1) is 0 Å². The third-order valence-corrected chi connectivity index (χ3v) is 6.54. The van der Waals surface area contributed by atoms with E-state index in [2.05, 4.69) is 136 Å². The van der Waals surface area contributed by atoms with Gasteiger partial charge in [0.2, 0.25) is 0 Å². The van der Waals surface area contributed by atoms with E-state index in [0.717, 1.165) is 0 Å². The Hall–Kier alpha value is -3.90. The number of hydrogen-bond acceptors (Lipinski definition) is 0. The molecule has 0 atom stereocenters. The Balaban J connectivity index is 1.73. The molecule has 0 saturated carbocycles. The maximum absolute atomic E-state index is 2.36. The van der Waals surface area contributed by atoms with E-state index in [1.807, 2.05) is 0 Å². The largest absolute Gasteiger partial charge is 0.0622 e. The Labute approximate surface area is 197 Å². The summed E-state index contributed by atoms with van der Waals surface area (Å²) in [6.45, 7) is 6.69. The van der Waals surface area contributed by atoms with Crippen LogP contribution >= 0.6 is 0 Å². The zero-order chi connectivity index (χ0) is 22.8. The fraction of sp³-hybridized carbons (Fsp3) is 0.0909. The van der Waals surface area contributed by atoms with Crippen LogP contribution in [0.4, 0.5) is 0 Å². The third kappa shape index (κ3) is 4.13. The highest BCUT2D eigenvalue weighted by molar-refractivity contribution is 5.86. The van der Waals surface area contributed by atoms with E-state index in [0.29, 0.717) is 0 Å². The van der Waals surface area contributed by atoms with Gasteiger partial charge < -0.3 is 0 Å². The lowest BCUT2D eigenvalue weighted by Crippen LogP contribution is -1.94.